The van der Waals surface area contributed by atoms with Crippen molar-refractivity contribution in [3.8, 4) is 0 Å². The third-order valence-corrected chi connectivity index (χ3v) is 2.58. The lowest BCUT2D eigenvalue weighted by Crippen LogP contribution is -2.34. The summed E-state index contributed by atoms with van der Waals surface area (Å²) >= 11 is 0. The van der Waals surface area contributed by atoms with Gasteiger partial charge >= 0.3 is 6.09 Å². The van der Waals surface area contributed by atoms with E-state index < -0.39 is 11.7 Å². The molecule has 5 nitrogen and oxygen atoms in total. The van der Waals surface area contributed by atoms with Crippen LogP contribution in [0.4, 0.5) is 4.79 Å². The van der Waals surface area contributed by atoms with Crippen LogP contribution in [0.15, 0.2) is 11.6 Å². The molecule has 0 radical (unpaired) electrons. The quantitative estimate of drug-likeness (QED) is 0.608. The molecule has 0 aromatic carbocycles. The van der Waals surface area contributed by atoms with Gasteiger partial charge in [-0.25, -0.2) is 4.79 Å². The van der Waals surface area contributed by atoms with Crippen LogP contribution in [0, 0.1) is 0 Å². The molecule has 1 fully saturated rings. The van der Waals surface area contributed by atoms with E-state index in [1.54, 1.807) is 0 Å². The van der Waals surface area contributed by atoms with Crippen molar-refractivity contribution in [1.82, 2.24) is 10.6 Å². The lowest BCUT2D eigenvalue weighted by molar-refractivity contribution is -0.117. The summed E-state index contributed by atoms with van der Waals surface area (Å²) in [7, 11) is 0. The van der Waals surface area contributed by atoms with Gasteiger partial charge in [0.1, 0.15) is 5.60 Å². The average Bonchev–Trinajstić information content (AvgIpc) is 2.44. The van der Waals surface area contributed by atoms with Crippen molar-refractivity contribution >= 4 is 12.0 Å². The second-order valence-electron chi connectivity index (χ2n) is 6.46. The molecular weight excluding hydrogens is 244 g/mol. The lowest BCUT2D eigenvalue weighted by Gasteiger charge is -2.19. The lowest BCUT2D eigenvalue weighted by atomic mass is 10.0. The van der Waals surface area contributed by atoms with Crippen molar-refractivity contribution < 1.29 is 14.3 Å². The van der Waals surface area contributed by atoms with Gasteiger partial charge in [0.05, 0.1) is 0 Å². The third kappa shape index (κ3) is 5.77. The van der Waals surface area contributed by atoms with Crippen LogP contribution in [0.5, 0.6) is 0 Å². The summed E-state index contributed by atoms with van der Waals surface area (Å²) in [5, 5.41) is 5.57. The summed E-state index contributed by atoms with van der Waals surface area (Å²) in [5.41, 5.74) is 0.135. The molecule has 108 valence electrons. The van der Waals surface area contributed by atoms with Gasteiger partial charge in [-0.15, -0.1) is 0 Å². The Balaban J connectivity index is 2.32. The van der Waals surface area contributed by atoms with E-state index in [9.17, 15) is 9.59 Å². The van der Waals surface area contributed by atoms with Gasteiger partial charge in [0, 0.05) is 24.1 Å². The fourth-order valence-corrected chi connectivity index (χ4v) is 1.89. The Morgan fingerprint density at radius 3 is 2.58 bits per heavy atom. The van der Waals surface area contributed by atoms with Crippen LogP contribution in [0.2, 0.25) is 0 Å². The van der Waals surface area contributed by atoms with E-state index in [-0.39, 0.29) is 11.4 Å². The second kappa shape index (κ2) is 5.63. The zero-order valence-corrected chi connectivity index (χ0v) is 12.4. The highest BCUT2D eigenvalue weighted by atomic mass is 16.6. The summed E-state index contributed by atoms with van der Waals surface area (Å²) in [6.45, 7) is 9.90. The van der Waals surface area contributed by atoms with Gasteiger partial charge in [-0.2, -0.15) is 0 Å². The molecule has 0 unspecified atom stereocenters. The average molecular weight is 268 g/mol. The van der Waals surface area contributed by atoms with E-state index in [1.165, 1.54) is 0 Å². The molecule has 1 heterocycles. The smallest absolute Gasteiger partial charge is 0.407 e. The second-order valence-corrected chi connectivity index (χ2v) is 6.46. The van der Waals surface area contributed by atoms with E-state index >= 15 is 0 Å². The Bertz CT molecular complexity index is 392. The first-order valence-corrected chi connectivity index (χ1v) is 6.57. The van der Waals surface area contributed by atoms with Crippen LogP contribution in [0.1, 0.15) is 47.5 Å². The summed E-state index contributed by atoms with van der Waals surface area (Å²) in [5.74, 6) is -0.0118. The fraction of sp³-hybridized carbons (Fsp3) is 0.714. The summed E-state index contributed by atoms with van der Waals surface area (Å²) in [6.07, 6.45) is 2.79. The number of alkyl carbamates (subject to hydrolysis) is 1. The van der Waals surface area contributed by atoms with Crippen molar-refractivity contribution in [2.24, 2.45) is 0 Å². The number of hydrogen-bond donors (Lipinski definition) is 2. The zero-order valence-electron chi connectivity index (χ0n) is 12.4. The van der Waals surface area contributed by atoms with Crippen LogP contribution < -0.4 is 10.6 Å². The molecule has 19 heavy (non-hydrogen) atoms. The van der Waals surface area contributed by atoms with Crippen LogP contribution in [0.25, 0.3) is 0 Å². The van der Waals surface area contributed by atoms with Crippen LogP contribution in [-0.4, -0.2) is 29.7 Å². The highest BCUT2D eigenvalue weighted by molar-refractivity contribution is 5.96. The minimum Gasteiger partial charge on any atom is -0.444 e. The van der Waals surface area contributed by atoms with E-state index in [1.807, 2.05) is 40.7 Å². The molecule has 0 aliphatic carbocycles. The Kier molecular flexibility index (Phi) is 4.61. The first-order chi connectivity index (χ1) is 8.59. The molecule has 0 saturated carbocycles. The molecule has 0 aromatic heterocycles. The van der Waals surface area contributed by atoms with Crippen molar-refractivity contribution in [2.45, 2.75) is 58.6 Å². The van der Waals surface area contributed by atoms with Gasteiger partial charge < -0.3 is 15.4 Å². The molecule has 1 aliphatic heterocycles. The normalized spacial score (nSPS) is 20.3. The fourth-order valence-electron chi connectivity index (χ4n) is 1.89. The van der Waals surface area contributed by atoms with Crippen LogP contribution >= 0.6 is 0 Å². The summed E-state index contributed by atoms with van der Waals surface area (Å²) < 4.78 is 5.11. The molecule has 2 amide bonds. The molecule has 0 atom stereocenters. The molecule has 0 spiro atoms. The Labute approximate surface area is 114 Å². The van der Waals surface area contributed by atoms with Gasteiger partial charge in [0.15, 0.2) is 0 Å². The molecule has 2 N–H and O–H groups in total. The standard InChI is InChI=1S/C14H24N2O3/c1-13(2,3)19-12(18)15-8-6-7-10-9-14(4,5)16-11(10)17/h7H,6,8-9H2,1-5H3,(H,15,18)(H,16,17). The number of nitrogens with one attached hydrogen (secondary N) is 2. The maximum atomic E-state index is 11.6. The van der Waals surface area contributed by atoms with Gasteiger partial charge in [0.2, 0.25) is 5.91 Å². The summed E-state index contributed by atoms with van der Waals surface area (Å²) in [6, 6.07) is 0. The van der Waals surface area contributed by atoms with Crippen LogP contribution in [-0.2, 0) is 9.53 Å². The topological polar surface area (TPSA) is 67.4 Å². The zero-order chi connectivity index (χ0) is 14.7. The predicted octanol–water partition coefficient (Wildman–Crippen LogP) is 2.13. The van der Waals surface area contributed by atoms with Gasteiger partial charge in [-0.1, -0.05) is 6.08 Å². The maximum Gasteiger partial charge on any atom is 0.407 e. The van der Waals surface area contributed by atoms with Gasteiger partial charge in [-0.3, -0.25) is 4.79 Å². The largest absolute Gasteiger partial charge is 0.444 e. The monoisotopic (exact) mass is 268 g/mol. The van der Waals surface area contributed by atoms with Gasteiger partial charge in [-0.05, 0) is 41.0 Å². The molecule has 1 saturated heterocycles. The Morgan fingerprint density at radius 1 is 1.47 bits per heavy atom. The van der Waals surface area contributed by atoms with Crippen molar-refractivity contribution in [1.29, 1.82) is 0 Å². The number of carbonyl (C=O) groups is 2. The number of rotatable bonds is 3. The third-order valence-electron chi connectivity index (χ3n) is 2.58. The highest BCUT2D eigenvalue weighted by Crippen LogP contribution is 2.23. The van der Waals surface area contributed by atoms with Crippen molar-refractivity contribution in [3.05, 3.63) is 11.6 Å². The number of carbonyl (C=O) groups excluding carboxylic acids is 2. The van der Waals surface area contributed by atoms with Crippen LogP contribution in [0.3, 0.4) is 0 Å². The molecule has 5 heteroatoms. The molecular formula is C14H24N2O3. The number of ether oxygens (including phenoxy) is 1. The number of amides is 2. The van der Waals surface area contributed by atoms with E-state index in [2.05, 4.69) is 10.6 Å². The Hall–Kier alpha value is -1.52. The molecule has 0 bridgehead atoms. The van der Waals surface area contributed by atoms with E-state index in [0.717, 1.165) is 12.0 Å². The first-order valence-electron chi connectivity index (χ1n) is 6.57. The van der Waals surface area contributed by atoms with Gasteiger partial charge in [0.25, 0.3) is 0 Å². The Morgan fingerprint density at radius 2 is 2.11 bits per heavy atom. The summed E-state index contributed by atoms with van der Waals surface area (Å²) in [4.78, 5) is 23.0. The van der Waals surface area contributed by atoms with Crippen molar-refractivity contribution in [2.75, 3.05) is 6.54 Å². The van der Waals surface area contributed by atoms with E-state index in [4.69, 9.17) is 4.74 Å². The SMILES string of the molecule is CC1(C)CC(=CCCNC(=O)OC(C)(C)C)C(=O)N1. The highest BCUT2D eigenvalue weighted by Gasteiger charge is 2.31. The minimum atomic E-state index is -0.488. The number of hydrogen-bond acceptors (Lipinski definition) is 3. The van der Waals surface area contributed by atoms with Crippen molar-refractivity contribution in [3.63, 3.8) is 0 Å². The van der Waals surface area contributed by atoms with E-state index in [0.29, 0.717) is 13.0 Å². The first kappa shape index (κ1) is 15.5. The molecule has 1 rings (SSSR count). The molecule has 0 aromatic rings. The maximum absolute atomic E-state index is 11.6. The predicted molar refractivity (Wildman–Crippen MR) is 73.8 cm³/mol. The minimum absolute atomic E-state index is 0.0118. The molecule has 1 aliphatic rings.